The van der Waals surface area contributed by atoms with Crippen molar-refractivity contribution in [3.8, 4) is 0 Å². The fourth-order valence-electron chi connectivity index (χ4n) is 3.97. The number of piperidine rings is 1. The van der Waals surface area contributed by atoms with Gasteiger partial charge in [-0.2, -0.15) is 0 Å². The van der Waals surface area contributed by atoms with Crippen molar-refractivity contribution in [3.05, 3.63) is 34.9 Å². The van der Waals surface area contributed by atoms with Gasteiger partial charge >= 0.3 is 0 Å². The first-order valence-corrected chi connectivity index (χ1v) is 9.32. The molecule has 1 aromatic rings. The first kappa shape index (κ1) is 17.4. The fraction of sp³-hybridized carbons (Fsp3) is 0.650. The highest BCUT2D eigenvalue weighted by molar-refractivity contribution is 5.78. The maximum atomic E-state index is 12.5. The van der Waals surface area contributed by atoms with Crippen molar-refractivity contribution in [1.82, 2.24) is 10.2 Å². The molecule has 4 nitrogen and oxygen atoms in total. The highest BCUT2D eigenvalue weighted by atomic mass is 16.5. The number of likely N-dealkylation sites (tertiary alicyclic amines) is 1. The van der Waals surface area contributed by atoms with Crippen LogP contribution in [0.1, 0.15) is 54.8 Å². The third-order valence-corrected chi connectivity index (χ3v) is 5.55. The Morgan fingerprint density at radius 1 is 1.21 bits per heavy atom. The van der Waals surface area contributed by atoms with Gasteiger partial charge in [0.1, 0.15) is 0 Å². The fourth-order valence-corrected chi connectivity index (χ4v) is 3.97. The quantitative estimate of drug-likeness (QED) is 0.922. The maximum absolute atomic E-state index is 12.5. The third kappa shape index (κ3) is 4.17. The van der Waals surface area contributed by atoms with E-state index in [2.05, 4.69) is 42.3 Å². The molecule has 1 amide bonds. The minimum absolute atomic E-state index is 0.166. The van der Waals surface area contributed by atoms with E-state index >= 15 is 0 Å². The molecular weight excluding hydrogens is 300 g/mol. The van der Waals surface area contributed by atoms with Gasteiger partial charge in [0, 0.05) is 25.3 Å². The first-order valence-electron chi connectivity index (χ1n) is 9.32. The van der Waals surface area contributed by atoms with E-state index in [9.17, 15) is 4.79 Å². The minimum Gasteiger partial charge on any atom is -0.381 e. The molecule has 1 atom stereocenters. The summed E-state index contributed by atoms with van der Waals surface area (Å²) in [6, 6.07) is 7.22. The molecule has 2 fully saturated rings. The SMILES string of the molecule is Cc1cccc([C@H]2CCCCN2CC(=O)NC2CCOCC2)c1C. The molecule has 0 radical (unpaired) electrons. The molecule has 3 rings (SSSR count). The number of hydrogen-bond acceptors (Lipinski definition) is 3. The largest absolute Gasteiger partial charge is 0.381 e. The predicted octanol–water partition coefficient (Wildman–Crippen LogP) is 3.13. The number of ether oxygens (including phenoxy) is 1. The van der Waals surface area contributed by atoms with Crippen LogP contribution in [0.15, 0.2) is 18.2 Å². The summed E-state index contributed by atoms with van der Waals surface area (Å²) in [7, 11) is 0. The van der Waals surface area contributed by atoms with Gasteiger partial charge in [0.15, 0.2) is 0 Å². The summed E-state index contributed by atoms with van der Waals surface area (Å²) in [5, 5.41) is 3.20. The zero-order valence-corrected chi connectivity index (χ0v) is 15.0. The molecule has 4 heteroatoms. The standard InChI is InChI=1S/C20H30N2O2/c1-15-6-5-7-18(16(15)2)19-8-3-4-11-22(19)14-20(23)21-17-9-12-24-13-10-17/h5-7,17,19H,3-4,8-14H2,1-2H3,(H,21,23)/t19-/m1/s1. The Kier molecular flexibility index (Phi) is 5.90. The summed E-state index contributed by atoms with van der Waals surface area (Å²) >= 11 is 0. The van der Waals surface area contributed by atoms with E-state index in [1.165, 1.54) is 29.5 Å². The summed E-state index contributed by atoms with van der Waals surface area (Å²) in [4.78, 5) is 14.9. The topological polar surface area (TPSA) is 41.6 Å². The molecule has 0 bridgehead atoms. The smallest absolute Gasteiger partial charge is 0.234 e. The van der Waals surface area contributed by atoms with E-state index in [0.717, 1.165) is 39.0 Å². The van der Waals surface area contributed by atoms with Crippen molar-refractivity contribution in [3.63, 3.8) is 0 Å². The van der Waals surface area contributed by atoms with Gasteiger partial charge in [0.05, 0.1) is 6.54 Å². The number of carbonyl (C=O) groups is 1. The Balaban J connectivity index is 1.65. The van der Waals surface area contributed by atoms with E-state index in [-0.39, 0.29) is 11.9 Å². The molecule has 0 aliphatic carbocycles. The van der Waals surface area contributed by atoms with Crippen molar-refractivity contribution in [1.29, 1.82) is 0 Å². The molecule has 132 valence electrons. The van der Waals surface area contributed by atoms with Gasteiger partial charge in [-0.1, -0.05) is 24.6 Å². The van der Waals surface area contributed by atoms with Gasteiger partial charge < -0.3 is 10.1 Å². The summed E-state index contributed by atoms with van der Waals surface area (Å²) in [5.41, 5.74) is 4.11. The van der Waals surface area contributed by atoms with Crippen LogP contribution in [0.4, 0.5) is 0 Å². The summed E-state index contributed by atoms with van der Waals surface area (Å²) in [5.74, 6) is 0.166. The molecule has 2 aliphatic heterocycles. The molecule has 0 saturated carbocycles. The lowest BCUT2D eigenvalue weighted by atomic mass is 9.90. The van der Waals surface area contributed by atoms with Crippen molar-refractivity contribution < 1.29 is 9.53 Å². The Hall–Kier alpha value is -1.39. The second-order valence-corrected chi connectivity index (χ2v) is 7.23. The molecule has 2 saturated heterocycles. The van der Waals surface area contributed by atoms with Crippen LogP contribution in [-0.4, -0.2) is 43.2 Å². The number of benzene rings is 1. The average Bonchev–Trinajstić information content (AvgIpc) is 2.59. The summed E-state index contributed by atoms with van der Waals surface area (Å²) in [6.45, 7) is 7.43. The second-order valence-electron chi connectivity index (χ2n) is 7.23. The van der Waals surface area contributed by atoms with Crippen LogP contribution in [0, 0.1) is 13.8 Å². The lowest BCUT2D eigenvalue weighted by Crippen LogP contribution is -2.46. The van der Waals surface area contributed by atoms with Crippen molar-refractivity contribution in [2.75, 3.05) is 26.3 Å². The Labute approximate surface area is 145 Å². The van der Waals surface area contributed by atoms with Crippen LogP contribution in [-0.2, 0) is 9.53 Å². The molecule has 2 aliphatic rings. The van der Waals surface area contributed by atoms with E-state index < -0.39 is 0 Å². The normalized spacial score (nSPS) is 23.2. The monoisotopic (exact) mass is 330 g/mol. The third-order valence-electron chi connectivity index (χ3n) is 5.55. The van der Waals surface area contributed by atoms with E-state index in [0.29, 0.717) is 12.6 Å². The van der Waals surface area contributed by atoms with E-state index in [1.54, 1.807) is 0 Å². The first-order chi connectivity index (χ1) is 11.6. The Morgan fingerprint density at radius 2 is 2.00 bits per heavy atom. The van der Waals surface area contributed by atoms with Gasteiger partial charge in [-0.05, 0) is 62.8 Å². The zero-order chi connectivity index (χ0) is 16.9. The molecule has 2 heterocycles. The molecule has 24 heavy (non-hydrogen) atoms. The predicted molar refractivity (Wildman–Crippen MR) is 96.1 cm³/mol. The van der Waals surface area contributed by atoms with Gasteiger partial charge in [-0.25, -0.2) is 0 Å². The Bertz CT molecular complexity index is 567. The van der Waals surface area contributed by atoms with Crippen LogP contribution in [0.3, 0.4) is 0 Å². The van der Waals surface area contributed by atoms with Crippen LogP contribution in [0.2, 0.25) is 0 Å². The molecule has 1 aromatic carbocycles. The van der Waals surface area contributed by atoms with Gasteiger partial charge in [0.2, 0.25) is 5.91 Å². The molecule has 0 unspecified atom stereocenters. The van der Waals surface area contributed by atoms with Crippen molar-refractivity contribution >= 4 is 5.91 Å². The maximum Gasteiger partial charge on any atom is 0.234 e. The Morgan fingerprint density at radius 3 is 2.79 bits per heavy atom. The molecule has 1 N–H and O–H groups in total. The number of nitrogens with one attached hydrogen (secondary N) is 1. The second kappa shape index (κ2) is 8.13. The van der Waals surface area contributed by atoms with E-state index in [1.807, 2.05) is 0 Å². The number of carbonyl (C=O) groups excluding carboxylic acids is 1. The number of amides is 1. The number of nitrogens with zero attached hydrogens (tertiary/aromatic N) is 1. The summed E-state index contributed by atoms with van der Waals surface area (Å²) in [6.07, 6.45) is 5.45. The molecule has 0 spiro atoms. The van der Waals surface area contributed by atoms with Crippen LogP contribution >= 0.6 is 0 Å². The van der Waals surface area contributed by atoms with Crippen LogP contribution in [0.25, 0.3) is 0 Å². The number of hydrogen-bond donors (Lipinski definition) is 1. The van der Waals surface area contributed by atoms with Gasteiger partial charge in [0.25, 0.3) is 0 Å². The minimum atomic E-state index is 0.166. The van der Waals surface area contributed by atoms with E-state index in [4.69, 9.17) is 4.74 Å². The van der Waals surface area contributed by atoms with Crippen molar-refractivity contribution in [2.45, 2.75) is 58.0 Å². The molecular formula is C20H30N2O2. The lowest BCUT2D eigenvalue weighted by Gasteiger charge is -2.37. The molecule has 0 aromatic heterocycles. The highest BCUT2D eigenvalue weighted by Crippen LogP contribution is 2.33. The zero-order valence-electron chi connectivity index (χ0n) is 15.0. The van der Waals surface area contributed by atoms with Gasteiger partial charge in [-0.15, -0.1) is 0 Å². The average molecular weight is 330 g/mol. The lowest BCUT2D eigenvalue weighted by molar-refractivity contribution is -0.124. The van der Waals surface area contributed by atoms with Crippen LogP contribution < -0.4 is 5.32 Å². The van der Waals surface area contributed by atoms with Gasteiger partial charge in [-0.3, -0.25) is 9.69 Å². The van der Waals surface area contributed by atoms with Crippen molar-refractivity contribution in [2.24, 2.45) is 0 Å². The van der Waals surface area contributed by atoms with Crippen LogP contribution in [0.5, 0.6) is 0 Å². The highest BCUT2D eigenvalue weighted by Gasteiger charge is 2.27. The summed E-state index contributed by atoms with van der Waals surface area (Å²) < 4.78 is 5.37. The number of rotatable bonds is 4. The number of aryl methyl sites for hydroxylation is 1.